The van der Waals surface area contributed by atoms with Crippen LogP contribution < -0.4 is 0 Å². The van der Waals surface area contributed by atoms with Crippen LogP contribution in [0.25, 0.3) is 0 Å². The number of hydrogen-bond acceptors (Lipinski definition) is 3. The van der Waals surface area contributed by atoms with Gasteiger partial charge in [-0.05, 0) is 20.4 Å². The average Bonchev–Trinajstić information content (AvgIpc) is 1.82. The summed E-state index contributed by atoms with van der Waals surface area (Å²) in [7, 11) is 1.93. The summed E-state index contributed by atoms with van der Waals surface area (Å²) in [6.07, 6.45) is 0.507. The topological polar surface area (TPSA) is 43.7 Å². The quantitative estimate of drug-likeness (QED) is 0.560. The lowest BCUT2D eigenvalue weighted by atomic mass is 10.3. The van der Waals surface area contributed by atoms with Gasteiger partial charge in [0.1, 0.15) is 0 Å². The van der Waals surface area contributed by atoms with Gasteiger partial charge >= 0.3 is 0 Å². The van der Waals surface area contributed by atoms with E-state index in [9.17, 15) is 0 Å². The molecule has 1 unspecified atom stereocenters. The molecule has 0 bridgehead atoms. The number of nitrogens with zero attached hydrogens (tertiary/aromatic N) is 1. The largest absolute Gasteiger partial charge is 0.396 e. The van der Waals surface area contributed by atoms with Crippen LogP contribution in [0.4, 0.5) is 0 Å². The second-order valence-corrected chi connectivity index (χ2v) is 2.69. The monoisotopic (exact) mass is 147 g/mol. The van der Waals surface area contributed by atoms with Gasteiger partial charge in [0, 0.05) is 19.7 Å². The van der Waals surface area contributed by atoms with Crippen LogP contribution in [-0.4, -0.2) is 48.0 Å². The molecule has 10 heavy (non-hydrogen) atoms. The lowest BCUT2D eigenvalue weighted by Crippen LogP contribution is -2.28. The number of aliphatic hydroxyl groups is 2. The summed E-state index contributed by atoms with van der Waals surface area (Å²) in [6, 6.07) is 0. The first-order chi connectivity index (χ1) is 4.66. The Hall–Kier alpha value is -0.120. The lowest BCUT2D eigenvalue weighted by molar-refractivity contribution is 0.136. The maximum absolute atomic E-state index is 8.92. The smallest absolute Gasteiger partial charge is 0.0638 e. The van der Waals surface area contributed by atoms with Crippen LogP contribution in [0.1, 0.15) is 13.3 Å². The van der Waals surface area contributed by atoms with E-state index in [1.54, 1.807) is 6.92 Å². The van der Waals surface area contributed by atoms with Crippen molar-refractivity contribution >= 4 is 0 Å². The van der Waals surface area contributed by atoms with E-state index in [-0.39, 0.29) is 12.7 Å². The molecular weight excluding hydrogens is 130 g/mol. The standard InChI is InChI=1S/C7H17NO2/c1-7(10)6-8(2)4-3-5-9/h7,9-10H,3-6H2,1-2H3. The van der Waals surface area contributed by atoms with E-state index in [4.69, 9.17) is 10.2 Å². The summed E-state index contributed by atoms with van der Waals surface area (Å²) in [5, 5.41) is 17.4. The zero-order chi connectivity index (χ0) is 7.98. The Bertz CT molecular complexity index is 76.0. The molecule has 0 heterocycles. The van der Waals surface area contributed by atoms with Gasteiger partial charge in [-0.15, -0.1) is 0 Å². The highest BCUT2D eigenvalue weighted by Gasteiger charge is 2.00. The molecule has 0 aliphatic carbocycles. The number of hydrogen-bond donors (Lipinski definition) is 2. The summed E-state index contributed by atoms with van der Waals surface area (Å²) in [5.41, 5.74) is 0. The van der Waals surface area contributed by atoms with E-state index in [2.05, 4.69) is 0 Å². The highest BCUT2D eigenvalue weighted by molar-refractivity contribution is 4.55. The van der Waals surface area contributed by atoms with Crippen molar-refractivity contribution in [2.75, 3.05) is 26.7 Å². The van der Waals surface area contributed by atoms with Gasteiger partial charge in [0.05, 0.1) is 6.10 Å². The molecule has 0 aromatic carbocycles. The predicted octanol–water partition coefficient (Wildman–Crippen LogP) is -0.319. The SMILES string of the molecule is CC(O)CN(C)CCCO. The minimum Gasteiger partial charge on any atom is -0.396 e. The van der Waals surface area contributed by atoms with Gasteiger partial charge in [0.15, 0.2) is 0 Å². The fourth-order valence-corrected chi connectivity index (χ4v) is 0.883. The molecule has 2 N–H and O–H groups in total. The molecule has 62 valence electrons. The summed E-state index contributed by atoms with van der Waals surface area (Å²) in [4.78, 5) is 2.00. The maximum atomic E-state index is 8.92. The van der Waals surface area contributed by atoms with Gasteiger partial charge in [-0.1, -0.05) is 0 Å². The molecule has 0 rings (SSSR count). The fraction of sp³-hybridized carbons (Fsp3) is 1.00. The molecule has 3 heteroatoms. The van der Waals surface area contributed by atoms with Crippen LogP contribution in [-0.2, 0) is 0 Å². The van der Waals surface area contributed by atoms with Crippen LogP contribution in [0.2, 0.25) is 0 Å². The molecule has 0 spiro atoms. The van der Waals surface area contributed by atoms with Crippen molar-refractivity contribution in [1.29, 1.82) is 0 Å². The van der Waals surface area contributed by atoms with Gasteiger partial charge in [-0.25, -0.2) is 0 Å². The van der Waals surface area contributed by atoms with Gasteiger partial charge < -0.3 is 15.1 Å². The van der Waals surface area contributed by atoms with Crippen LogP contribution in [0, 0.1) is 0 Å². The zero-order valence-electron chi connectivity index (χ0n) is 6.75. The Morgan fingerprint density at radius 3 is 2.50 bits per heavy atom. The van der Waals surface area contributed by atoms with Crippen LogP contribution >= 0.6 is 0 Å². The van der Waals surface area contributed by atoms with Crippen molar-refractivity contribution in [1.82, 2.24) is 4.90 Å². The first-order valence-corrected chi connectivity index (χ1v) is 3.64. The van der Waals surface area contributed by atoms with Crippen molar-refractivity contribution < 1.29 is 10.2 Å². The lowest BCUT2D eigenvalue weighted by Gasteiger charge is -2.16. The average molecular weight is 147 g/mol. The van der Waals surface area contributed by atoms with Crippen molar-refractivity contribution in [3.63, 3.8) is 0 Å². The maximum Gasteiger partial charge on any atom is 0.0638 e. The molecule has 0 aromatic heterocycles. The highest BCUT2D eigenvalue weighted by atomic mass is 16.3. The van der Waals surface area contributed by atoms with E-state index < -0.39 is 0 Å². The third kappa shape index (κ3) is 6.01. The predicted molar refractivity (Wildman–Crippen MR) is 40.9 cm³/mol. The molecule has 0 fully saturated rings. The van der Waals surface area contributed by atoms with Crippen LogP contribution in [0.15, 0.2) is 0 Å². The number of rotatable bonds is 5. The molecule has 0 aliphatic heterocycles. The number of likely N-dealkylation sites (N-methyl/N-ethyl adjacent to an activating group) is 1. The van der Waals surface area contributed by atoms with E-state index in [0.717, 1.165) is 13.0 Å². The van der Waals surface area contributed by atoms with E-state index >= 15 is 0 Å². The van der Waals surface area contributed by atoms with E-state index in [1.807, 2.05) is 11.9 Å². The van der Waals surface area contributed by atoms with Crippen LogP contribution in [0.3, 0.4) is 0 Å². The van der Waals surface area contributed by atoms with Crippen molar-refractivity contribution in [3.8, 4) is 0 Å². The Morgan fingerprint density at radius 2 is 2.10 bits per heavy atom. The zero-order valence-corrected chi connectivity index (χ0v) is 6.75. The van der Waals surface area contributed by atoms with Gasteiger partial charge in [0.25, 0.3) is 0 Å². The summed E-state index contributed by atoms with van der Waals surface area (Å²) in [6.45, 7) is 3.51. The summed E-state index contributed by atoms with van der Waals surface area (Å²) in [5.74, 6) is 0. The van der Waals surface area contributed by atoms with Gasteiger partial charge in [-0.3, -0.25) is 0 Å². The van der Waals surface area contributed by atoms with Gasteiger partial charge in [-0.2, -0.15) is 0 Å². The fourth-order valence-electron chi connectivity index (χ4n) is 0.883. The molecule has 0 saturated carbocycles. The molecular formula is C7H17NO2. The minimum absolute atomic E-state index is 0.226. The molecule has 0 aromatic rings. The molecule has 0 amide bonds. The third-order valence-electron chi connectivity index (χ3n) is 1.27. The second kappa shape index (κ2) is 5.65. The van der Waals surface area contributed by atoms with E-state index in [1.165, 1.54) is 0 Å². The highest BCUT2D eigenvalue weighted by Crippen LogP contribution is 1.89. The normalized spacial score (nSPS) is 14.1. The van der Waals surface area contributed by atoms with Crippen molar-refractivity contribution in [2.45, 2.75) is 19.4 Å². The Labute approximate surface area is 62.3 Å². The van der Waals surface area contributed by atoms with Crippen LogP contribution in [0.5, 0.6) is 0 Å². The third-order valence-corrected chi connectivity index (χ3v) is 1.27. The Balaban J connectivity index is 3.16. The summed E-state index contributed by atoms with van der Waals surface area (Å²) >= 11 is 0. The van der Waals surface area contributed by atoms with Gasteiger partial charge in [0.2, 0.25) is 0 Å². The minimum atomic E-state index is -0.274. The Morgan fingerprint density at radius 1 is 1.50 bits per heavy atom. The molecule has 0 saturated heterocycles. The van der Waals surface area contributed by atoms with Crippen molar-refractivity contribution in [3.05, 3.63) is 0 Å². The first kappa shape index (κ1) is 9.88. The molecule has 0 radical (unpaired) electrons. The molecule has 0 aliphatic rings. The Kier molecular flexibility index (Phi) is 5.58. The first-order valence-electron chi connectivity index (χ1n) is 3.64. The molecule has 3 nitrogen and oxygen atoms in total. The second-order valence-electron chi connectivity index (χ2n) is 2.69. The summed E-state index contributed by atoms with van der Waals surface area (Å²) < 4.78 is 0. The molecule has 1 atom stereocenters. The van der Waals surface area contributed by atoms with Crippen molar-refractivity contribution in [2.24, 2.45) is 0 Å². The number of aliphatic hydroxyl groups excluding tert-OH is 2. The van der Waals surface area contributed by atoms with E-state index in [0.29, 0.717) is 6.54 Å².